The molecule has 0 radical (unpaired) electrons. The van der Waals surface area contributed by atoms with Gasteiger partial charge < -0.3 is 14.4 Å². The van der Waals surface area contributed by atoms with Gasteiger partial charge in [0.2, 0.25) is 6.79 Å². The van der Waals surface area contributed by atoms with Gasteiger partial charge in [-0.15, -0.1) is 0 Å². The SMILES string of the molecule is N#Cc1ccc(N2CCCC2c2ccc3c(c2)OCO3)cc1Cl. The molecule has 2 aromatic rings. The van der Waals surface area contributed by atoms with Gasteiger partial charge in [-0.2, -0.15) is 5.26 Å². The molecule has 5 heteroatoms. The molecule has 0 amide bonds. The van der Waals surface area contributed by atoms with Gasteiger partial charge in [0.15, 0.2) is 11.5 Å². The molecular weight excluding hydrogens is 312 g/mol. The van der Waals surface area contributed by atoms with Gasteiger partial charge in [0.25, 0.3) is 0 Å². The van der Waals surface area contributed by atoms with Gasteiger partial charge in [0, 0.05) is 12.2 Å². The minimum absolute atomic E-state index is 0.286. The zero-order chi connectivity index (χ0) is 15.8. The molecule has 2 heterocycles. The summed E-state index contributed by atoms with van der Waals surface area (Å²) in [5.41, 5.74) is 2.77. The van der Waals surface area contributed by atoms with Crippen LogP contribution in [0.25, 0.3) is 0 Å². The van der Waals surface area contributed by atoms with Crippen molar-refractivity contribution in [2.75, 3.05) is 18.2 Å². The third kappa shape index (κ3) is 2.47. The molecule has 1 saturated heterocycles. The highest BCUT2D eigenvalue weighted by Crippen LogP contribution is 2.41. The van der Waals surface area contributed by atoms with Crippen LogP contribution in [0.2, 0.25) is 5.02 Å². The molecule has 0 saturated carbocycles. The average Bonchev–Trinajstić information content (AvgIpc) is 3.23. The first-order valence-electron chi connectivity index (χ1n) is 7.62. The molecule has 1 fully saturated rings. The van der Waals surface area contributed by atoms with Gasteiger partial charge in [-0.1, -0.05) is 17.7 Å². The number of ether oxygens (including phenoxy) is 2. The van der Waals surface area contributed by atoms with Crippen molar-refractivity contribution >= 4 is 17.3 Å². The highest BCUT2D eigenvalue weighted by atomic mass is 35.5. The summed E-state index contributed by atoms with van der Waals surface area (Å²) in [6, 6.07) is 14.2. The van der Waals surface area contributed by atoms with Crippen LogP contribution < -0.4 is 14.4 Å². The number of halogens is 1. The van der Waals surface area contributed by atoms with Crippen LogP contribution in [-0.4, -0.2) is 13.3 Å². The lowest BCUT2D eigenvalue weighted by molar-refractivity contribution is 0.174. The van der Waals surface area contributed by atoms with Crippen molar-refractivity contribution < 1.29 is 9.47 Å². The number of nitrogens with zero attached hydrogens (tertiary/aromatic N) is 2. The average molecular weight is 327 g/mol. The minimum Gasteiger partial charge on any atom is -0.454 e. The predicted molar refractivity (Wildman–Crippen MR) is 88.1 cm³/mol. The molecule has 4 rings (SSSR count). The largest absolute Gasteiger partial charge is 0.454 e. The Labute approximate surface area is 139 Å². The Bertz CT molecular complexity index is 783. The third-order valence-electron chi connectivity index (χ3n) is 4.44. The molecule has 0 bridgehead atoms. The third-order valence-corrected chi connectivity index (χ3v) is 4.75. The lowest BCUT2D eigenvalue weighted by Gasteiger charge is -2.27. The highest BCUT2D eigenvalue weighted by molar-refractivity contribution is 6.32. The Morgan fingerprint density at radius 2 is 2.00 bits per heavy atom. The first kappa shape index (κ1) is 14.2. The lowest BCUT2D eigenvalue weighted by Crippen LogP contribution is -2.22. The number of hydrogen-bond donors (Lipinski definition) is 0. The number of anilines is 1. The summed E-state index contributed by atoms with van der Waals surface area (Å²) in [5, 5.41) is 9.52. The van der Waals surface area contributed by atoms with E-state index in [1.54, 1.807) is 6.07 Å². The summed E-state index contributed by atoms with van der Waals surface area (Å²) < 4.78 is 10.9. The van der Waals surface area contributed by atoms with E-state index in [0.717, 1.165) is 36.6 Å². The predicted octanol–water partition coefficient (Wildman–Crippen LogP) is 4.28. The van der Waals surface area contributed by atoms with E-state index in [-0.39, 0.29) is 6.04 Å². The van der Waals surface area contributed by atoms with E-state index in [2.05, 4.69) is 23.1 Å². The van der Waals surface area contributed by atoms with Crippen molar-refractivity contribution in [1.29, 1.82) is 5.26 Å². The molecule has 116 valence electrons. The number of benzene rings is 2. The molecule has 0 aliphatic carbocycles. The van der Waals surface area contributed by atoms with Gasteiger partial charge >= 0.3 is 0 Å². The fourth-order valence-electron chi connectivity index (χ4n) is 3.32. The van der Waals surface area contributed by atoms with Crippen LogP contribution >= 0.6 is 11.6 Å². The maximum Gasteiger partial charge on any atom is 0.231 e. The minimum atomic E-state index is 0.286. The molecule has 1 unspecified atom stereocenters. The van der Waals surface area contributed by atoms with Gasteiger partial charge in [-0.3, -0.25) is 0 Å². The molecule has 0 aromatic heterocycles. The molecule has 0 spiro atoms. The maximum absolute atomic E-state index is 9.02. The summed E-state index contributed by atoms with van der Waals surface area (Å²) in [4.78, 5) is 2.34. The number of hydrogen-bond acceptors (Lipinski definition) is 4. The van der Waals surface area contributed by atoms with E-state index in [9.17, 15) is 0 Å². The lowest BCUT2D eigenvalue weighted by atomic mass is 10.0. The van der Waals surface area contributed by atoms with Gasteiger partial charge in [0.1, 0.15) is 6.07 Å². The van der Waals surface area contributed by atoms with Crippen LogP contribution in [0.5, 0.6) is 11.5 Å². The van der Waals surface area contributed by atoms with Gasteiger partial charge in [-0.25, -0.2) is 0 Å². The zero-order valence-corrected chi connectivity index (χ0v) is 13.2. The second-order valence-electron chi connectivity index (χ2n) is 5.74. The van der Waals surface area contributed by atoms with Crippen molar-refractivity contribution in [3.63, 3.8) is 0 Å². The first-order chi connectivity index (χ1) is 11.3. The smallest absolute Gasteiger partial charge is 0.231 e. The zero-order valence-electron chi connectivity index (χ0n) is 12.5. The molecule has 0 N–H and O–H groups in total. The molecule has 2 aliphatic rings. The van der Waals surface area contributed by atoms with Crippen molar-refractivity contribution in [3.05, 3.63) is 52.5 Å². The Hall–Kier alpha value is -2.38. The van der Waals surface area contributed by atoms with Gasteiger partial charge in [0.05, 0.1) is 16.6 Å². The fourth-order valence-corrected chi connectivity index (χ4v) is 3.53. The molecule has 2 aromatic carbocycles. The van der Waals surface area contributed by atoms with E-state index in [4.69, 9.17) is 26.3 Å². The van der Waals surface area contributed by atoms with E-state index >= 15 is 0 Å². The molecular formula is C18H15ClN2O2. The number of nitriles is 1. The topological polar surface area (TPSA) is 45.5 Å². The van der Waals surface area contributed by atoms with Crippen LogP contribution in [0.1, 0.15) is 30.0 Å². The summed E-state index contributed by atoms with van der Waals surface area (Å²) in [6.45, 7) is 1.26. The standard InChI is InChI=1S/C18H15ClN2O2/c19-15-9-14(5-3-13(15)10-20)21-7-1-2-16(21)12-4-6-17-18(8-12)23-11-22-17/h3-6,8-9,16H,1-2,7,11H2. The first-order valence-corrected chi connectivity index (χ1v) is 8.00. The summed E-state index contributed by atoms with van der Waals surface area (Å²) in [5.74, 6) is 1.62. The van der Waals surface area contributed by atoms with E-state index in [1.165, 1.54) is 5.56 Å². The Balaban J connectivity index is 1.67. The van der Waals surface area contributed by atoms with Crippen molar-refractivity contribution in [3.8, 4) is 17.6 Å². The van der Waals surface area contributed by atoms with E-state index in [0.29, 0.717) is 17.4 Å². The number of rotatable bonds is 2. The van der Waals surface area contributed by atoms with E-state index < -0.39 is 0 Å². The van der Waals surface area contributed by atoms with Crippen molar-refractivity contribution in [2.45, 2.75) is 18.9 Å². The molecule has 2 aliphatic heterocycles. The van der Waals surface area contributed by atoms with Crippen LogP contribution in [-0.2, 0) is 0 Å². The highest BCUT2D eigenvalue weighted by Gasteiger charge is 2.28. The molecule has 1 atom stereocenters. The Kier molecular flexibility index (Phi) is 3.51. The van der Waals surface area contributed by atoms with Crippen LogP contribution in [0, 0.1) is 11.3 Å². The summed E-state index contributed by atoms with van der Waals surface area (Å²) in [6.07, 6.45) is 2.20. The number of fused-ring (bicyclic) bond motifs is 1. The monoisotopic (exact) mass is 326 g/mol. The summed E-state index contributed by atoms with van der Waals surface area (Å²) in [7, 11) is 0. The normalized spacial score (nSPS) is 19.0. The van der Waals surface area contributed by atoms with Crippen LogP contribution in [0.15, 0.2) is 36.4 Å². The van der Waals surface area contributed by atoms with Crippen molar-refractivity contribution in [2.24, 2.45) is 0 Å². The second-order valence-corrected chi connectivity index (χ2v) is 6.15. The van der Waals surface area contributed by atoms with Crippen LogP contribution in [0.3, 0.4) is 0 Å². The van der Waals surface area contributed by atoms with Crippen LogP contribution in [0.4, 0.5) is 5.69 Å². The fraction of sp³-hybridized carbons (Fsp3) is 0.278. The molecule has 4 nitrogen and oxygen atoms in total. The van der Waals surface area contributed by atoms with Gasteiger partial charge in [-0.05, 0) is 48.7 Å². The maximum atomic E-state index is 9.02. The Morgan fingerprint density at radius 3 is 2.83 bits per heavy atom. The Morgan fingerprint density at radius 1 is 1.13 bits per heavy atom. The van der Waals surface area contributed by atoms with E-state index in [1.807, 2.05) is 18.2 Å². The molecule has 23 heavy (non-hydrogen) atoms. The van der Waals surface area contributed by atoms with Crippen molar-refractivity contribution in [1.82, 2.24) is 0 Å². The quantitative estimate of drug-likeness (QED) is 0.826. The summed E-state index contributed by atoms with van der Waals surface area (Å²) >= 11 is 6.19. The second kappa shape index (κ2) is 5.68.